The van der Waals surface area contributed by atoms with Gasteiger partial charge in [-0.2, -0.15) is 0 Å². The number of anilines is 2. The molecule has 0 spiro atoms. The van der Waals surface area contributed by atoms with Crippen LogP contribution in [0.3, 0.4) is 0 Å². The van der Waals surface area contributed by atoms with E-state index in [4.69, 9.17) is 15.2 Å². The molecule has 2 aromatic rings. The molecule has 112 valence electrons. The van der Waals surface area contributed by atoms with Crippen molar-refractivity contribution in [2.45, 2.75) is 4.90 Å². The minimum Gasteiger partial charge on any atom is -0.497 e. The predicted molar refractivity (Wildman–Crippen MR) is 81.2 cm³/mol. The summed E-state index contributed by atoms with van der Waals surface area (Å²) in [5.41, 5.74) is 6.40. The Kier molecular flexibility index (Phi) is 4.23. The van der Waals surface area contributed by atoms with E-state index in [1.54, 1.807) is 18.2 Å². The van der Waals surface area contributed by atoms with Gasteiger partial charge in [-0.15, -0.1) is 0 Å². The van der Waals surface area contributed by atoms with Gasteiger partial charge in [0.05, 0.1) is 24.8 Å². The number of sulfonamides is 1. The molecular formula is C14H16N2O4S. The second-order valence-electron chi connectivity index (χ2n) is 4.28. The quantitative estimate of drug-likeness (QED) is 0.825. The van der Waals surface area contributed by atoms with E-state index < -0.39 is 10.0 Å². The molecule has 6 nitrogen and oxygen atoms in total. The summed E-state index contributed by atoms with van der Waals surface area (Å²) in [5.74, 6) is 0.980. The van der Waals surface area contributed by atoms with Crippen LogP contribution in [-0.4, -0.2) is 22.6 Å². The summed E-state index contributed by atoms with van der Waals surface area (Å²) in [5, 5.41) is 0. The summed E-state index contributed by atoms with van der Waals surface area (Å²) in [4.78, 5) is 0.124. The van der Waals surface area contributed by atoms with Gasteiger partial charge < -0.3 is 15.2 Å². The van der Waals surface area contributed by atoms with E-state index in [1.807, 2.05) is 0 Å². The number of methoxy groups -OCH3 is 2. The van der Waals surface area contributed by atoms with Crippen molar-refractivity contribution >= 4 is 21.4 Å². The number of rotatable bonds is 5. The Labute approximate surface area is 123 Å². The fourth-order valence-electron chi connectivity index (χ4n) is 1.73. The molecule has 0 aliphatic carbocycles. The highest BCUT2D eigenvalue weighted by atomic mass is 32.2. The van der Waals surface area contributed by atoms with E-state index >= 15 is 0 Å². The predicted octanol–water partition coefficient (Wildman–Crippen LogP) is 2.09. The fraction of sp³-hybridized carbons (Fsp3) is 0.143. The molecule has 0 heterocycles. The third-order valence-electron chi connectivity index (χ3n) is 2.79. The minimum atomic E-state index is -3.70. The van der Waals surface area contributed by atoms with Gasteiger partial charge >= 0.3 is 0 Å². The van der Waals surface area contributed by atoms with Crippen molar-refractivity contribution in [3.63, 3.8) is 0 Å². The number of hydrogen-bond acceptors (Lipinski definition) is 5. The number of nitrogen functional groups attached to an aromatic ring is 1. The van der Waals surface area contributed by atoms with E-state index in [9.17, 15) is 8.42 Å². The maximum atomic E-state index is 12.3. The third kappa shape index (κ3) is 3.57. The number of nitrogens with two attached hydrogens (primary N) is 1. The van der Waals surface area contributed by atoms with Crippen molar-refractivity contribution in [1.82, 2.24) is 0 Å². The standard InChI is InChI=1S/C14H16N2O4S/c1-19-12-7-11(8-13(9-12)20-2)16-21(17,18)14-5-3-10(15)4-6-14/h3-9,16H,15H2,1-2H3. The van der Waals surface area contributed by atoms with E-state index in [1.165, 1.54) is 38.5 Å². The minimum absolute atomic E-state index is 0.124. The lowest BCUT2D eigenvalue weighted by Gasteiger charge is -2.11. The number of benzene rings is 2. The van der Waals surface area contributed by atoms with Gasteiger partial charge in [0.2, 0.25) is 0 Å². The third-order valence-corrected chi connectivity index (χ3v) is 4.19. The second-order valence-corrected chi connectivity index (χ2v) is 5.96. The monoisotopic (exact) mass is 308 g/mol. The second kappa shape index (κ2) is 5.92. The molecule has 0 aliphatic heterocycles. The van der Waals surface area contributed by atoms with E-state index in [0.29, 0.717) is 22.9 Å². The van der Waals surface area contributed by atoms with E-state index in [0.717, 1.165) is 0 Å². The SMILES string of the molecule is COc1cc(NS(=O)(=O)c2ccc(N)cc2)cc(OC)c1. The Morgan fingerprint density at radius 2 is 1.48 bits per heavy atom. The van der Waals surface area contributed by atoms with Gasteiger partial charge in [-0.3, -0.25) is 4.72 Å². The van der Waals surface area contributed by atoms with Crippen LogP contribution in [0.1, 0.15) is 0 Å². The first-order chi connectivity index (χ1) is 9.94. The molecule has 21 heavy (non-hydrogen) atoms. The highest BCUT2D eigenvalue weighted by Gasteiger charge is 2.15. The maximum Gasteiger partial charge on any atom is 0.261 e. The van der Waals surface area contributed by atoms with Crippen molar-refractivity contribution in [2.24, 2.45) is 0 Å². The van der Waals surface area contributed by atoms with Crippen LogP contribution in [0.25, 0.3) is 0 Å². The maximum absolute atomic E-state index is 12.3. The topological polar surface area (TPSA) is 90.7 Å². The highest BCUT2D eigenvalue weighted by Crippen LogP contribution is 2.27. The lowest BCUT2D eigenvalue weighted by Crippen LogP contribution is -2.13. The first-order valence-electron chi connectivity index (χ1n) is 6.06. The van der Waals surface area contributed by atoms with Crippen molar-refractivity contribution < 1.29 is 17.9 Å². The van der Waals surface area contributed by atoms with Crippen LogP contribution in [0.4, 0.5) is 11.4 Å². The molecule has 0 atom stereocenters. The molecule has 0 radical (unpaired) electrons. The zero-order valence-corrected chi connectivity index (χ0v) is 12.5. The Balaban J connectivity index is 2.34. The van der Waals surface area contributed by atoms with Crippen molar-refractivity contribution in [2.75, 3.05) is 24.7 Å². The van der Waals surface area contributed by atoms with Crippen molar-refractivity contribution in [3.8, 4) is 11.5 Å². The van der Waals surface area contributed by atoms with Crippen LogP contribution >= 0.6 is 0 Å². The Morgan fingerprint density at radius 1 is 0.952 bits per heavy atom. The molecule has 2 aromatic carbocycles. The van der Waals surface area contributed by atoms with E-state index in [-0.39, 0.29) is 4.90 Å². The summed E-state index contributed by atoms with van der Waals surface area (Å²) in [6, 6.07) is 10.7. The van der Waals surface area contributed by atoms with Crippen LogP contribution in [0.5, 0.6) is 11.5 Å². The van der Waals surface area contributed by atoms with Crippen LogP contribution in [0.2, 0.25) is 0 Å². The molecule has 0 saturated carbocycles. The first kappa shape index (κ1) is 15.0. The summed E-state index contributed by atoms with van der Waals surface area (Å²) >= 11 is 0. The van der Waals surface area contributed by atoms with Gasteiger partial charge in [-0.1, -0.05) is 0 Å². The Morgan fingerprint density at radius 3 is 1.95 bits per heavy atom. The normalized spacial score (nSPS) is 11.0. The fourth-order valence-corrected chi connectivity index (χ4v) is 2.77. The Hall–Kier alpha value is -2.41. The number of nitrogens with one attached hydrogen (secondary N) is 1. The van der Waals surface area contributed by atoms with Gasteiger partial charge in [0.25, 0.3) is 10.0 Å². The average Bonchev–Trinajstić information content (AvgIpc) is 2.46. The molecule has 7 heteroatoms. The van der Waals surface area contributed by atoms with Gasteiger partial charge in [0, 0.05) is 23.9 Å². The highest BCUT2D eigenvalue weighted by molar-refractivity contribution is 7.92. The summed E-state index contributed by atoms with van der Waals surface area (Å²) in [7, 11) is -0.711. The molecule has 0 saturated heterocycles. The largest absolute Gasteiger partial charge is 0.497 e. The smallest absolute Gasteiger partial charge is 0.261 e. The van der Waals surface area contributed by atoms with Gasteiger partial charge in [-0.05, 0) is 24.3 Å². The van der Waals surface area contributed by atoms with Gasteiger partial charge in [0.1, 0.15) is 11.5 Å². The summed E-state index contributed by atoms with van der Waals surface area (Å²) < 4.78 is 37.2. The zero-order valence-electron chi connectivity index (χ0n) is 11.7. The lowest BCUT2D eigenvalue weighted by atomic mass is 10.3. The van der Waals surface area contributed by atoms with E-state index in [2.05, 4.69) is 4.72 Å². The van der Waals surface area contributed by atoms with Gasteiger partial charge in [-0.25, -0.2) is 8.42 Å². The first-order valence-corrected chi connectivity index (χ1v) is 7.54. The lowest BCUT2D eigenvalue weighted by molar-refractivity contribution is 0.395. The molecule has 0 bridgehead atoms. The van der Waals surface area contributed by atoms with Gasteiger partial charge in [0.15, 0.2) is 0 Å². The molecule has 3 N–H and O–H groups in total. The number of ether oxygens (including phenoxy) is 2. The summed E-state index contributed by atoms with van der Waals surface area (Å²) in [6.45, 7) is 0. The summed E-state index contributed by atoms with van der Waals surface area (Å²) in [6.07, 6.45) is 0. The molecule has 0 aliphatic rings. The molecule has 0 fully saturated rings. The van der Waals surface area contributed by atoms with Crippen LogP contribution in [-0.2, 0) is 10.0 Å². The van der Waals surface area contributed by atoms with Crippen molar-refractivity contribution in [1.29, 1.82) is 0 Å². The van der Waals surface area contributed by atoms with Crippen LogP contribution < -0.4 is 19.9 Å². The number of hydrogen-bond donors (Lipinski definition) is 2. The average molecular weight is 308 g/mol. The molecule has 0 aromatic heterocycles. The molecule has 0 amide bonds. The Bertz CT molecular complexity index is 705. The van der Waals surface area contributed by atoms with Crippen LogP contribution in [0.15, 0.2) is 47.4 Å². The van der Waals surface area contributed by atoms with Crippen LogP contribution in [0, 0.1) is 0 Å². The van der Waals surface area contributed by atoms with Crippen molar-refractivity contribution in [3.05, 3.63) is 42.5 Å². The molecular weight excluding hydrogens is 292 g/mol. The zero-order chi connectivity index (χ0) is 15.5. The molecule has 0 unspecified atom stereocenters. The molecule has 2 rings (SSSR count).